The Morgan fingerprint density at radius 3 is 2.11 bits per heavy atom. The SMILES string of the molecule is Nc1cc(Cl)cc(OC(F)(F)F)c1SC(F)(F)F. The maximum absolute atomic E-state index is 12.2. The number of hydrogen-bond acceptors (Lipinski definition) is 3. The molecule has 0 aromatic heterocycles. The van der Waals surface area contributed by atoms with Crippen molar-refractivity contribution in [3.8, 4) is 5.75 Å². The molecule has 0 spiro atoms. The highest BCUT2D eigenvalue weighted by Gasteiger charge is 2.36. The summed E-state index contributed by atoms with van der Waals surface area (Å²) in [7, 11) is 0. The summed E-state index contributed by atoms with van der Waals surface area (Å²) in [6.45, 7) is 0. The number of halogens is 7. The molecule has 1 rings (SSSR count). The minimum absolute atomic E-state index is 0.265. The number of thioether (sulfide) groups is 1. The smallest absolute Gasteiger partial charge is 0.404 e. The van der Waals surface area contributed by atoms with E-state index in [0.29, 0.717) is 6.07 Å². The van der Waals surface area contributed by atoms with E-state index < -0.39 is 40.0 Å². The molecule has 0 amide bonds. The van der Waals surface area contributed by atoms with Gasteiger partial charge >= 0.3 is 11.9 Å². The number of rotatable bonds is 2. The molecule has 0 saturated carbocycles. The lowest BCUT2D eigenvalue weighted by atomic mass is 10.3. The van der Waals surface area contributed by atoms with E-state index in [4.69, 9.17) is 17.3 Å². The van der Waals surface area contributed by atoms with Gasteiger partial charge in [0.25, 0.3) is 0 Å². The van der Waals surface area contributed by atoms with Crippen molar-refractivity contribution in [2.45, 2.75) is 16.8 Å². The first-order chi connectivity index (χ1) is 7.98. The average Bonchev–Trinajstić information content (AvgIpc) is 2.06. The molecule has 1 aromatic rings. The van der Waals surface area contributed by atoms with Crippen molar-refractivity contribution >= 4 is 29.1 Å². The molecule has 0 atom stereocenters. The van der Waals surface area contributed by atoms with E-state index in [2.05, 4.69) is 4.74 Å². The van der Waals surface area contributed by atoms with Crippen molar-refractivity contribution in [1.82, 2.24) is 0 Å². The van der Waals surface area contributed by atoms with Gasteiger partial charge < -0.3 is 10.5 Å². The van der Waals surface area contributed by atoms with Crippen LogP contribution >= 0.6 is 23.4 Å². The Bertz CT molecular complexity index is 446. The number of nitrogens with two attached hydrogens (primary N) is 1. The molecule has 0 fully saturated rings. The Hall–Kier alpha value is -0.960. The van der Waals surface area contributed by atoms with E-state index in [1.165, 1.54) is 0 Å². The molecule has 0 unspecified atom stereocenters. The highest BCUT2D eigenvalue weighted by atomic mass is 35.5. The highest BCUT2D eigenvalue weighted by Crippen LogP contribution is 2.46. The summed E-state index contributed by atoms with van der Waals surface area (Å²) in [5, 5.41) is -0.265. The van der Waals surface area contributed by atoms with Crippen LogP contribution in [0.15, 0.2) is 17.0 Å². The van der Waals surface area contributed by atoms with E-state index >= 15 is 0 Å². The number of nitrogen functional groups attached to an aromatic ring is 1. The second-order valence-corrected chi connectivity index (χ2v) is 4.43. The first-order valence-electron chi connectivity index (χ1n) is 4.08. The topological polar surface area (TPSA) is 35.2 Å². The van der Waals surface area contributed by atoms with Crippen LogP contribution in [0.5, 0.6) is 5.75 Å². The predicted molar refractivity (Wildman–Crippen MR) is 54.5 cm³/mol. The predicted octanol–water partition coefficient (Wildman–Crippen LogP) is 4.43. The van der Waals surface area contributed by atoms with Crippen LogP contribution < -0.4 is 10.5 Å². The zero-order valence-electron chi connectivity index (χ0n) is 8.19. The van der Waals surface area contributed by atoms with Gasteiger partial charge in [0, 0.05) is 11.1 Å². The van der Waals surface area contributed by atoms with Gasteiger partial charge in [-0.25, -0.2) is 0 Å². The van der Waals surface area contributed by atoms with Crippen molar-refractivity contribution in [1.29, 1.82) is 0 Å². The minimum atomic E-state index is -5.14. The number of alkyl halides is 6. The van der Waals surface area contributed by atoms with Gasteiger partial charge in [-0.05, 0) is 17.8 Å². The molecule has 1 aromatic carbocycles. The normalized spacial score (nSPS) is 12.6. The third-order valence-corrected chi connectivity index (χ3v) is 2.58. The summed E-state index contributed by atoms with van der Waals surface area (Å²) in [5.41, 5.74) is -0.156. The summed E-state index contributed by atoms with van der Waals surface area (Å²) in [6.07, 6.45) is -5.14. The Morgan fingerprint density at radius 1 is 1.11 bits per heavy atom. The second-order valence-electron chi connectivity index (χ2n) is 2.92. The summed E-state index contributed by atoms with van der Waals surface area (Å²) in [5.74, 6) is -1.09. The molecule has 0 aliphatic carbocycles. The van der Waals surface area contributed by atoms with Gasteiger partial charge in [-0.1, -0.05) is 11.6 Å². The van der Waals surface area contributed by atoms with Gasteiger partial charge in [0.2, 0.25) is 0 Å². The molecular weight excluding hydrogens is 308 g/mol. The lowest BCUT2D eigenvalue weighted by Gasteiger charge is -2.16. The molecule has 0 radical (unpaired) electrons. The van der Waals surface area contributed by atoms with E-state index in [1.54, 1.807) is 0 Å². The Labute approximate surface area is 106 Å². The fourth-order valence-electron chi connectivity index (χ4n) is 1.01. The van der Waals surface area contributed by atoms with E-state index in [0.717, 1.165) is 6.07 Å². The first-order valence-corrected chi connectivity index (χ1v) is 5.28. The van der Waals surface area contributed by atoms with Crippen molar-refractivity contribution < 1.29 is 31.1 Å². The Morgan fingerprint density at radius 2 is 1.67 bits per heavy atom. The highest BCUT2D eigenvalue weighted by molar-refractivity contribution is 8.00. The molecule has 0 aliphatic rings. The maximum atomic E-state index is 12.2. The van der Waals surface area contributed by atoms with E-state index in [1.807, 2.05) is 0 Å². The van der Waals surface area contributed by atoms with Crippen molar-refractivity contribution in [3.63, 3.8) is 0 Å². The molecule has 0 saturated heterocycles. The average molecular weight is 312 g/mol. The van der Waals surface area contributed by atoms with Crippen LogP contribution in [0.25, 0.3) is 0 Å². The standard InChI is InChI=1S/C8H4ClF6NOS/c9-3-1-4(16)6(18-8(13,14)15)5(2-3)17-7(10,11)12/h1-2H,16H2. The number of anilines is 1. The quantitative estimate of drug-likeness (QED) is 0.498. The van der Waals surface area contributed by atoms with Gasteiger partial charge in [0.05, 0.1) is 10.6 Å². The Balaban J connectivity index is 3.21. The zero-order valence-corrected chi connectivity index (χ0v) is 9.77. The van der Waals surface area contributed by atoms with Gasteiger partial charge in [0.15, 0.2) is 0 Å². The van der Waals surface area contributed by atoms with Crippen LogP contribution in [0, 0.1) is 0 Å². The third kappa shape index (κ3) is 4.73. The van der Waals surface area contributed by atoms with Gasteiger partial charge in [-0.2, -0.15) is 13.2 Å². The molecule has 0 bridgehead atoms. The lowest BCUT2D eigenvalue weighted by molar-refractivity contribution is -0.275. The first kappa shape index (κ1) is 15.1. The van der Waals surface area contributed by atoms with Gasteiger partial charge in [0.1, 0.15) is 5.75 Å². The van der Waals surface area contributed by atoms with Crippen LogP contribution in [0.1, 0.15) is 0 Å². The summed E-state index contributed by atoms with van der Waals surface area (Å²) >= 11 is 4.60. The van der Waals surface area contributed by atoms with Crippen LogP contribution in [0.3, 0.4) is 0 Å². The largest absolute Gasteiger partial charge is 0.573 e. The summed E-state index contributed by atoms with van der Waals surface area (Å²) < 4.78 is 76.0. The van der Waals surface area contributed by atoms with Crippen LogP contribution in [0.4, 0.5) is 32.0 Å². The minimum Gasteiger partial charge on any atom is -0.404 e. The number of benzene rings is 1. The zero-order chi connectivity index (χ0) is 14.1. The molecule has 2 nitrogen and oxygen atoms in total. The Kier molecular flexibility index (Phi) is 4.16. The molecule has 10 heteroatoms. The summed E-state index contributed by atoms with van der Waals surface area (Å²) in [4.78, 5) is -0.885. The van der Waals surface area contributed by atoms with Crippen LogP contribution in [-0.2, 0) is 0 Å². The molecule has 2 N–H and O–H groups in total. The lowest BCUT2D eigenvalue weighted by Crippen LogP contribution is -2.18. The van der Waals surface area contributed by atoms with Crippen molar-refractivity contribution in [2.75, 3.05) is 5.73 Å². The van der Waals surface area contributed by atoms with Gasteiger partial charge in [-0.3, -0.25) is 0 Å². The molecule has 0 heterocycles. The fraction of sp³-hybridized carbons (Fsp3) is 0.250. The second kappa shape index (κ2) is 4.96. The van der Waals surface area contributed by atoms with E-state index in [9.17, 15) is 26.3 Å². The number of ether oxygens (including phenoxy) is 1. The van der Waals surface area contributed by atoms with E-state index in [-0.39, 0.29) is 5.02 Å². The van der Waals surface area contributed by atoms with Crippen LogP contribution in [0.2, 0.25) is 5.02 Å². The van der Waals surface area contributed by atoms with Gasteiger partial charge in [-0.15, -0.1) is 13.2 Å². The molecular formula is C8H4ClF6NOS. The fourth-order valence-corrected chi connectivity index (χ4v) is 1.84. The molecule has 0 aliphatic heterocycles. The van der Waals surface area contributed by atoms with Crippen LogP contribution in [-0.4, -0.2) is 11.9 Å². The maximum Gasteiger partial charge on any atom is 0.573 e. The molecule has 102 valence electrons. The summed E-state index contributed by atoms with van der Waals surface area (Å²) in [6, 6.07) is 1.51. The van der Waals surface area contributed by atoms with Crippen molar-refractivity contribution in [2.24, 2.45) is 0 Å². The van der Waals surface area contributed by atoms with Crippen molar-refractivity contribution in [3.05, 3.63) is 17.2 Å². The third-order valence-electron chi connectivity index (χ3n) is 1.49. The monoisotopic (exact) mass is 311 g/mol. The number of hydrogen-bond donors (Lipinski definition) is 1. The molecule has 18 heavy (non-hydrogen) atoms.